The van der Waals surface area contributed by atoms with Gasteiger partial charge in [0.05, 0.1) is 6.04 Å². The number of rotatable bonds is 2. The number of hydrogen-bond donors (Lipinski definition) is 4. The molecule has 7 nitrogen and oxygen atoms in total. The number of nitrogens with two attached hydrogens (primary N) is 1. The van der Waals surface area contributed by atoms with Crippen LogP contribution in [0.25, 0.3) is 0 Å². The van der Waals surface area contributed by atoms with E-state index in [4.69, 9.17) is 26.2 Å². The zero-order valence-electron chi connectivity index (χ0n) is 5.68. The molecule has 0 saturated carbocycles. The molecule has 0 saturated heterocycles. The molecule has 0 bridgehead atoms. The van der Waals surface area contributed by atoms with Gasteiger partial charge in [0.1, 0.15) is 4.91 Å². The van der Waals surface area contributed by atoms with Gasteiger partial charge in [-0.15, -0.1) is 0 Å². The van der Waals surface area contributed by atoms with Crippen molar-refractivity contribution in [3.63, 3.8) is 0 Å². The van der Waals surface area contributed by atoms with Crippen LogP contribution in [0.4, 0.5) is 0 Å². The Morgan fingerprint density at radius 3 is 1.83 bits per heavy atom. The number of carboxylic acid groups (broad SMARTS) is 1. The van der Waals surface area contributed by atoms with Crippen LogP contribution in [0.5, 0.6) is 0 Å². The molecule has 0 aliphatic rings. The molecule has 0 aliphatic carbocycles. The summed E-state index contributed by atoms with van der Waals surface area (Å²) in [6.45, 7) is 0. The summed E-state index contributed by atoms with van der Waals surface area (Å²) in [6, 6.07) is -0.866. The number of aliphatic carboxylic acids is 1. The van der Waals surface area contributed by atoms with Crippen molar-refractivity contribution < 1.29 is 47.8 Å². The second kappa shape index (κ2) is 10.7. The summed E-state index contributed by atoms with van der Waals surface area (Å²) in [6.07, 6.45) is 0. The third-order valence-corrected chi connectivity index (χ3v) is 0.856. The second-order valence-electron chi connectivity index (χ2n) is 1.36. The molecule has 1 unspecified atom stereocenters. The molecule has 9 heteroatoms. The fourth-order valence-electron chi connectivity index (χ4n) is 0.0713. The SMILES string of the molecule is NC(C[S-])C(=O)O.O=[N+](O)O.[Ag+]. The van der Waals surface area contributed by atoms with Crippen molar-refractivity contribution in [3.8, 4) is 0 Å². The number of nitrogens with zero attached hydrogens (tertiary/aromatic N) is 1. The van der Waals surface area contributed by atoms with Crippen LogP contribution in [0.15, 0.2) is 0 Å². The zero-order valence-corrected chi connectivity index (χ0v) is 7.98. The van der Waals surface area contributed by atoms with Crippen LogP contribution >= 0.6 is 0 Å². The molecular weight excluding hydrogens is 284 g/mol. The van der Waals surface area contributed by atoms with Gasteiger partial charge in [-0.1, -0.05) is 0 Å². The van der Waals surface area contributed by atoms with Gasteiger partial charge in [-0.05, 0) is 0 Å². The van der Waals surface area contributed by atoms with Crippen LogP contribution in [-0.4, -0.2) is 38.4 Å². The molecule has 0 aromatic heterocycles. The molecule has 5 N–H and O–H groups in total. The quantitative estimate of drug-likeness (QED) is 0.277. The van der Waals surface area contributed by atoms with Crippen molar-refractivity contribution in [2.75, 3.05) is 5.75 Å². The van der Waals surface area contributed by atoms with Crippen molar-refractivity contribution in [2.24, 2.45) is 5.73 Å². The van der Waals surface area contributed by atoms with E-state index in [0.717, 1.165) is 0 Å². The van der Waals surface area contributed by atoms with E-state index in [1.165, 1.54) is 0 Å². The topological polar surface area (TPSA) is 124 Å². The van der Waals surface area contributed by atoms with Gasteiger partial charge in [-0.3, -0.25) is 4.79 Å². The molecule has 1 atom stereocenters. The second-order valence-corrected chi connectivity index (χ2v) is 1.70. The molecule has 0 amide bonds. The van der Waals surface area contributed by atoms with Crippen LogP contribution < -0.4 is 5.73 Å². The molecule has 0 aromatic carbocycles. The summed E-state index contributed by atoms with van der Waals surface area (Å²) in [7, 11) is 0. The smallest absolute Gasteiger partial charge is 0.791 e. The average molecular weight is 292 g/mol. The Morgan fingerprint density at radius 2 is 1.83 bits per heavy atom. The van der Waals surface area contributed by atoms with Gasteiger partial charge in [0.2, 0.25) is 0 Å². The van der Waals surface area contributed by atoms with Gasteiger partial charge in [-0.2, -0.15) is 5.75 Å². The minimum Gasteiger partial charge on any atom is -0.791 e. The maximum atomic E-state index is 9.74. The minimum atomic E-state index is -1.25. The van der Waals surface area contributed by atoms with Crippen LogP contribution in [0.3, 0.4) is 0 Å². The molecule has 0 heterocycles. The Morgan fingerprint density at radius 1 is 1.58 bits per heavy atom. The monoisotopic (exact) mass is 291 g/mol. The number of carbonyl (C=O) groups is 1. The number of hydrogen-bond acceptors (Lipinski definition) is 4. The van der Waals surface area contributed by atoms with Crippen LogP contribution in [0.1, 0.15) is 0 Å². The van der Waals surface area contributed by atoms with Gasteiger partial charge in [0.25, 0.3) is 0 Å². The first kappa shape index (κ1) is 17.7. The van der Waals surface area contributed by atoms with Crippen molar-refractivity contribution in [3.05, 3.63) is 4.91 Å². The summed E-state index contributed by atoms with van der Waals surface area (Å²) >= 11 is 4.35. The Balaban J connectivity index is -0.000000142. The minimum absolute atomic E-state index is 0. The molecule has 0 spiro atoms. The van der Waals surface area contributed by atoms with E-state index >= 15 is 0 Å². The van der Waals surface area contributed by atoms with Gasteiger partial charge in [0.15, 0.2) is 0 Å². The van der Waals surface area contributed by atoms with Crippen molar-refractivity contribution in [1.82, 2.24) is 0 Å². The molecule has 0 aromatic rings. The Labute approximate surface area is 89.0 Å². The van der Waals surface area contributed by atoms with Crippen molar-refractivity contribution >= 4 is 18.6 Å². The summed E-state index contributed by atoms with van der Waals surface area (Å²) in [5.74, 6) is -0.954. The Kier molecular flexibility index (Phi) is 15.8. The molecule has 12 heavy (non-hydrogen) atoms. The molecule has 0 rings (SSSR count). The predicted molar refractivity (Wildman–Crippen MR) is 35.0 cm³/mol. The van der Waals surface area contributed by atoms with Crippen LogP contribution in [-0.2, 0) is 39.8 Å². The molecule has 0 aliphatic heterocycles. The first-order chi connectivity index (χ1) is 4.91. The molecular formula is C3H8AgN2O5S+. The average Bonchev–Trinajstić information content (AvgIpc) is 1.85. The van der Waals surface area contributed by atoms with E-state index in [1.54, 1.807) is 0 Å². The van der Waals surface area contributed by atoms with E-state index in [0.29, 0.717) is 0 Å². The first-order valence-corrected chi connectivity index (χ1v) is 2.91. The van der Waals surface area contributed by atoms with E-state index in [-0.39, 0.29) is 28.1 Å². The summed E-state index contributed by atoms with van der Waals surface area (Å²) in [5, 5.41) is 20.5. The molecule has 76 valence electrons. The third kappa shape index (κ3) is 22.6. The van der Waals surface area contributed by atoms with E-state index < -0.39 is 17.1 Å². The van der Waals surface area contributed by atoms with Gasteiger partial charge >= 0.3 is 33.4 Å². The summed E-state index contributed by atoms with van der Waals surface area (Å²) in [5.41, 5.74) is 4.91. The van der Waals surface area contributed by atoms with Crippen molar-refractivity contribution in [1.29, 1.82) is 0 Å². The van der Waals surface area contributed by atoms with Crippen LogP contribution in [0, 0.1) is 4.91 Å². The van der Waals surface area contributed by atoms with Gasteiger partial charge in [-0.25, -0.2) is 10.4 Å². The fourth-order valence-corrected chi connectivity index (χ4v) is 0.214. The van der Waals surface area contributed by atoms with E-state index in [1.807, 2.05) is 0 Å². The maximum absolute atomic E-state index is 9.74. The molecule has 0 radical (unpaired) electrons. The standard InChI is InChI=1S/C3H7NO2S.Ag.H2NO3/c4-2(1-7)3(5)6;;2-1(3)4/h2,7H,1,4H2,(H,5,6);;(H2,2,3,4)/q;2*+1/p-1. The van der Waals surface area contributed by atoms with Crippen LogP contribution in [0.2, 0.25) is 0 Å². The van der Waals surface area contributed by atoms with Crippen molar-refractivity contribution in [2.45, 2.75) is 6.04 Å². The summed E-state index contributed by atoms with van der Waals surface area (Å²) in [4.78, 5) is 18.2. The predicted octanol–water partition coefficient (Wildman–Crippen LogP) is -1.51. The number of carboxylic acids is 1. The van der Waals surface area contributed by atoms with Gasteiger partial charge < -0.3 is 23.5 Å². The summed E-state index contributed by atoms with van der Waals surface area (Å²) < 4.78 is 0. The van der Waals surface area contributed by atoms with E-state index in [9.17, 15) is 4.79 Å². The third-order valence-electron chi connectivity index (χ3n) is 0.497. The normalized spacial score (nSPS) is 9.83. The fraction of sp³-hybridized carbons (Fsp3) is 0.667. The zero-order chi connectivity index (χ0) is 9.44. The van der Waals surface area contributed by atoms with E-state index in [2.05, 4.69) is 12.6 Å². The Hall–Kier alpha value is -0.280. The maximum Gasteiger partial charge on any atom is 1.00 e. The first-order valence-electron chi connectivity index (χ1n) is 2.33. The Bertz CT molecular complexity index is 141. The van der Waals surface area contributed by atoms with Gasteiger partial charge in [0, 0.05) is 0 Å². The largest absolute Gasteiger partial charge is 1.00 e. The molecule has 0 fully saturated rings.